The Kier molecular flexibility index (Phi) is 5.17. The van der Waals surface area contributed by atoms with Crippen molar-refractivity contribution in [2.45, 2.75) is 19.5 Å². The summed E-state index contributed by atoms with van der Waals surface area (Å²) in [4.78, 5) is 15.1. The Bertz CT molecular complexity index is 979. The third-order valence-electron chi connectivity index (χ3n) is 5.31. The third kappa shape index (κ3) is 3.80. The van der Waals surface area contributed by atoms with Gasteiger partial charge in [-0.25, -0.2) is 0 Å². The Labute approximate surface area is 165 Å². The summed E-state index contributed by atoms with van der Waals surface area (Å²) in [5.41, 5.74) is 5.24. The molecule has 5 nitrogen and oxygen atoms in total. The Morgan fingerprint density at radius 1 is 1.11 bits per heavy atom. The lowest BCUT2D eigenvalue weighted by molar-refractivity contribution is 0.101. The van der Waals surface area contributed by atoms with Crippen LogP contribution in [0.1, 0.15) is 27.3 Å². The number of para-hydroxylation sites is 1. The van der Waals surface area contributed by atoms with Crippen LogP contribution in [0.3, 0.4) is 0 Å². The third-order valence-corrected chi connectivity index (χ3v) is 5.31. The average molecular weight is 375 g/mol. The monoisotopic (exact) mass is 375 g/mol. The molecule has 0 saturated carbocycles. The molecule has 4 rings (SSSR count). The molecule has 1 aliphatic heterocycles. The fourth-order valence-corrected chi connectivity index (χ4v) is 3.85. The van der Waals surface area contributed by atoms with Gasteiger partial charge in [-0.2, -0.15) is 0 Å². The molecule has 28 heavy (non-hydrogen) atoms. The van der Waals surface area contributed by atoms with Gasteiger partial charge in [-0.3, -0.25) is 9.69 Å². The SMILES string of the molecule is COc1cccc(CN2CCc3c(cc(C(=O)Nc4ccccc4)n3C)C2)c1. The van der Waals surface area contributed by atoms with Crippen molar-refractivity contribution >= 4 is 11.6 Å². The molecule has 0 unspecified atom stereocenters. The minimum absolute atomic E-state index is 0.0672. The van der Waals surface area contributed by atoms with Gasteiger partial charge in [0.2, 0.25) is 0 Å². The number of rotatable bonds is 5. The smallest absolute Gasteiger partial charge is 0.272 e. The highest BCUT2D eigenvalue weighted by molar-refractivity contribution is 6.03. The van der Waals surface area contributed by atoms with E-state index in [1.165, 1.54) is 16.8 Å². The molecule has 0 radical (unpaired) electrons. The first kappa shape index (κ1) is 18.3. The van der Waals surface area contributed by atoms with Gasteiger partial charge in [0.1, 0.15) is 11.4 Å². The maximum Gasteiger partial charge on any atom is 0.272 e. The summed E-state index contributed by atoms with van der Waals surface area (Å²) < 4.78 is 7.37. The number of carbonyl (C=O) groups is 1. The summed E-state index contributed by atoms with van der Waals surface area (Å²) in [7, 11) is 3.68. The van der Waals surface area contributed by atoms with Crippen LogP contribution in [0.15, 0.2) is 60.7 Å². The van der Waals surface area contributed by atoms with Crippen molar-refractivity contribution in [3.05, 3.63) is 83.2 Å². The van der Waals surface area contributed by atoms with Gasteiger partial charge in [0.05, 0.1) is 7.11 Å². The maximum atomic E-state index is 12.7. The Hall–Kier alpha value is -3.05. The standard InChI is InChI=1S/C23H25N3O2/c1-25-21-11-12-26(15-17-7-6-10-20(13-17)28-2)16-18(21)14-22(25)23(27)24-19-8-4-3-5-9-19/h3-10,13-14H,11-12,15-16H2,1-2H3,(H,24,27). The molecule has 0 fully saturated rings. The van der Waals surface area contributed by atoms with Crippen LogP contribution in [-0.2, 0) is 26.6 Å². The van der Waals surface area contributed by atoms with E-state index in [-0.39, 0.29) is 5.91 Å². The number of hydrogen-bond acceptors (Lipinski definition) is 3. The van der Waals surface area contributed by atoms with Gasteiger partial charge < -0.3 is 14.6 Å². The molecular formula is C23H25N3O2. The van der Waals surface area contributed by atoms with Crippen LogP contribution in [-0.4, -0.2) is 29.0 Å². The molecule has 1 aromatic heterocycles. The topological polar surface area (TPSA) is 46.5 Å². The van der Waals surface area contributed by atoms with E-state index in [1.807, 2.05) is 60.1 Å². The summed E-state index contributed by atoms with van der Waals surface area (Å²) in [6, 6.07) is 19.8. The molecule has 1 aliphatic rings. The van der Waals surface area contributed by atoms with Gasteiger partial charge >= 0.3 is 0 Å². The number of aromatic nitrogens is 1. The highest BCUT2D eigenvalue weighted by atomic mass is 16.5. The maximum absolute atomic E-state index is 12.7. The van der Waals surface area contributed by atoms with Gasteiger partial charge in [0.15, 0.2) is 0 Å². The molecule has 0 bridgehead atoms. The molecular weight excluding hydrogens is 350 g/mol. The first-order valence-electron chi connectivity index (χ1n) is 9.53. The number of benzene rings is 2. The zero-order valence-electron chi connectivity index (χ0n) is 16.3. The Balaban J connectivity index is 1.48. The normalized spacial score (nSPS) is 13.8. The van der Waals surface area contributed by atoms with E-state index in [0.717, 1.165) is 37.5 Å². The molecule has 2 aromatic carbocycles. The minimum atomic E-state index is -0.0672. The van der Waals surface area contributed by atoms with E-state index in [2.05, 4.69) is 22.3 Å². The highest BCUT2D eigenvalue weighted by Gasteiger charge is 2.23. The zero-order chi connectivity index (χ0) is 19.5. The zero-order valence-corrected chi connectivity index (χ0v) is 16.3. The quantitative estimate of drug-likeness (QED) is 0.737. The van der Waals surface area contributed by atoms with Gasteiger partial charge in [0, 0.05) is 44.5 Å². The van der Waals surface area contributed by atoms with Crippen molar-refractivity contribution in [3.8, 4) is 5.75 Å². The van der Waals surface area contributed by atoms with E-state index in [4.69, 9.17) is 4.74 Å². The summed E-state index contributed by atoms with van der Waals surface area (Å²) in [6.07, 6.45) is 0.939. The number of fused-ring (bicyclic) bond motifs is 1. The van der Waals surface area contributed by atoms with Crippen LogP contribution < -0.4 is 10.1 Å². The lowest BCUT2D eigenvalue weighted by Crippen LogP contribution is -2.30. The first-order chi connectivity index (χ1) is 13.6. The van der Waals surface area contributed by atoms with E-state index >= 15 is 0 Å². The van der Waals surface area contributed by atoms with Gasteiger partial charge in [-0.15, -0.1) is 0 Å². The molecule has 2 heterocycles. The first-order valence-corrected chi connectivity index (χ1v) is 9.53. The van der Waals surface area contributed by atoms with Gasteiger partial charge in [0.25, 0.3) is 5.91 Å². The van der Waals surface area contributed by atoms with Crippen LogP contribution in [0.2, 0.25) is 0 Å². The van der Waals surface area contributed by atoms with Crippen LogP contribution in [0, 0.1) is 0 Å². The van der Waals surface area contributed by atoms with E-state index < -0.39 is 0 Å². The molecule has 3 aromatic rings. The lowest BCUT2D eigenvalue weighted by atomic mass is 10.1. The van der Waals surface area contributed by atoms with Crippen molar-refractivity contribution in [3.63, 3.8) is 0 Å². The highest BCUT2D eigenvalue weighted by Crippen LogP contribution is 2.25. The van der Waals surface area contributed by atoms with E-state index in [0.29, 0.717) is 5.69 Å². The van der Waals surface area contributed by atoms with Crippen molar-refractivity contribution in [2.75, 3.05) is 19.0 Å². The van der Waals surface area contributed by atoms with Crippen LogP contribution in [0.4, 0.5) is 5.69 Å². The van der Waals surface area contributed by atoms with Crippen molar-refractivity contribution < 1.29 is 9.53 Å². The van der Waals surface area contributed by atoms with Gasteiger partial charge in [-0.05, 0) is 41.5 Å². The predicted molar refractivity (Wildman–Crippen MR) is 111 cm³/mol. The van der Waals surface area contributed by atoms with Crippen LogP contribution in [0.25, 0.3) is 0 Å². The van der Waals surface area contributed by atoms with Crippen LogP contribution in [0.5, 0.6) is 5.75 Å². The molecule has 1 amide bonds. The van der Waals surface area contributed by atoms with Crippen molar-refractivity contribution in [1.29, 1.82) is 0 Å². The minimum Gasteiger partial charge on any atom is -0.497 e. The number of ether oxygens (including phenoxy) is 1. The molecule has 0 saturated heterocycles. The molecule has 5 heteroatoms. The largest absolute Gasteiger partial charge is 0.497 e. The number of hydrogen-bond donors (Lipinski definition) is 1. The van der Waals surface area contributed by atoms with Crippen molar-refractivity contribution in [1.82, 2.24) is 9.47 Å². The van der Waals surface area contributed by atoms with E-state index in [1.54, 1.807) is 7.11 Å². The Morgan fingerprint density at radius 3 is 2.71 bits per heavy atom. The Morgan fingerprint density at radius 2 is 1.93 bits per heavy atom. The second-order valence-corrected chi connectivity index (χ2v) is 7.19. The molecule has 0 spiro atoms. The number of nitrogens with one attached hydrogen (secondary N) is 1. The summed E-state index contributed by atoms with van der Waals surface area (Å²) in [5.74, 6) is 0.817. The number of anilines is 1. The summed E-state index contributed by atoms with van der Waals surface area (Å²) >= 11 is 0. The van der Waals surface area contributed by atoms with E-state index in [9.17, 15) is 4.79 Å². The average Bonchev–Trinajstić information content (AvgIpc) is 3.05. The lowest BCUT2D eigenvalue weighted by Gasteiger charge is -2.27. The number of methoxy groups -OCH3 is 1. The predicted octanol–water partition coefficient (Wildman–Crippen LogP) is 3.84. The fraction of sp³-hybridized carbons (Fsp3) is 0.261. The fourth-order valence-electron chi connectivity index (χ4n) is 3.85. The number of carbonyl (C=O) groups excluding carboxylic acids is 1. The molecule has 1 N–H and O–H groups in total. The molecule has 0 atom stereocenters. The second-order valence-electron chi connectivity index (χ2n) is 7.19. The number of amides is 1. The molecule has 144 valence electrons. The summed E-state index contributed by atoms with van der Waals surface area (Å²) in [6.45, 7) is 2.69. The molecule has 0 aliphatic carbocycles. The van der Waals surface area contributed by atoms with Crippen molar-refractivity contribution in [2.24, 2.45) is 7.05 Å². The summed E-state index contributed by atoms with van der Waals surface area (Å²) in [5, 5.41) is 2.98. The van der Waals surface area contributed by atoms with Crippen LogP contribution >= 0.6 is 0 Å². The second kappa shape index (κ2) is 7.90. The van der Waals surface area contributed by atoms with Gasteiger partial charge in [-0.1, -0.05) is 30.3 Å². The number of nitrogens with zero attached hydrogens (tertiary/aromatic N) is 2.